The summed E-state index contributed by atoms with van der Waals surface area (Å²) in [7, 11) is 1.65. The molecular formula is C13H14ClNOS. The second-order valence-corrected chi connectivity index (χ2v) is 5.51. The Labute approximate surface area is 110 Å². The van der Waals surface area contributed by atoms with Crippen LogP contribution in [0, 0.1) is 6.92 Å². The number of methoxy groups -OCH3 is 1. The van der Waals surface area contributed by atoms with Crippen molar-refractivity contribution in [2.45, 2.75) is 13.0 Å². The Bertz CT molecular complexity index is 504. The molecule has 0 fully saturated rings. The normalized spacial score (nSPS) is 12.5. The molecule has 0 radical (unpaired) electrons. The summed E-state index contributed by atoms with van der Waals surface area (Å²) in [5.41, 5.74) is 8.29. The number of aryl methyl sites for hydroxylation is 1. The van der Waals surface area contributed by atoms with Crippen molar-refractivity contribution < 1.29 is 4.74 Å². The molecule has 0 aliphatic carbocycles. The molecule has 2 rings (SSSR count). The Morgan fingerprint density at radius 3 is 2.65 bits per heavy atom. The summed E-state index contributed by atoms with van der Waals surface area (Å²) in [4.78, 5) is 1.05. The van der Waals surface area contributed by atoms with Crippen molar-refractivity contribution in [3.8, 4) is 5.75 Å². The van der Waals surface area contributed by atoms with Crippen molar-refractivity contribution >= 4 is 22.9 Å². The molecule has 1 aromatic heterocycles. The SMILES string of the molecule is COc1ccccc1C(N)c1cc(C)c(Cl)s1. The van der Waals surface area contributed by atoms with E-state index >= 15 is 0 Å². The van der Waals surface area contributed by atoms with Gasteiger partial charge in [0.25, 0.3) is 0 Å². The van der Waals surface area contributed by atoms with Crippen LogP contribution in [-0.2, 0) is 0 Å². The van der Waals surface area contributed by atoms with Crippen molar-refractivity contribution in [1.82, 2.24) is 0 Å². The first-order chi connectivity index (χ1) is 8.13. The van der Waals surface area contributed by atoms with Crippen molar-refractivity contribution in [3.05, 3.63) is 50.7 Å². The van der Waals surface area contributed by atoms with Crippen LogP contribution >= 0.6 is 22.9 Å². The molecule has 0 aliphatic rings. The highest BCUT2D eigenvalue weighted by molar-refractivity contribution is 7.16. The van der Waals surface area contributed by atoms with Gasteiger partial charge >= 0.3 is 0 Å². The number of thiophene rings is 1. The highest BCUT2D eigenvalue weighted by atomic mass is 35.5. The molecule has 1 unspecified atom stereocenters. The maximum Gasteiger partial charge on any atom is 0.124 e. The predicted octanol–water partition coefficient (Wildman–Crippen LogP) is 3.77. The summed E-state index contributed by atoms with van der Waals surface area (Å²) in [6, 6.07) is 9.62. The van der Waals surface area contributed by atoms with Crippen molar-refractivity contribution in [3.63, 3.8) is 0 Å². The number of hydrogen-bond acceptors (Lipinski definition) is 3. The predicted molar refractivity (Wildman–Crippen MR) is 73.1 cm³/mol. The number of ether oxygens (including phenoxy) is 1. The minimum absolute atomic E-state index is 0.192. The van der Waals surface area contributed by atoms with E-state index in [-0.39, 0.29) is 6.04 Å². The minimum Gasteiger partial charge on any atom is -0.496 e. The Hall–Kier alpha value is -1.03. The lowest BCUT2D eigenvalue weighted by molar-refractivity contribution is 0.408. The molecule has 2 N–H and O–H groups in total. The molecule has 2 nitrogen and oxygen atoms in total. The zero-order valence-electron chi connectivity index (χ0n) is 9.74. The zero-order chi connectivity index (χ0) is 12.4. The Balaban J connectivity index is 2.39. The molecule has 90 valence electrons. The third-order valence-electron chi connectivity index (χ3n) is 2.66. The molecule has 2 aromatic rings. The van der Waals surface area contributed by atoms with E-state index < -0.39 is 0 Å². The summed E-state index contributed by atoms with van der Waals surface area (Å²) in [6.07, 6.45) is 0. The Morgan fingerprint density at radius 1 is 1.35 bits per heavy atom. The molecule has 0 amide bonds. The van der Waals surface area contributed by atoms with E-state index in [0.717, 1.165) is 26.1 Å². The first-order valence-electron chi connectivity index (χ1n) is 5.27. The first kappa shape index (κ1) is 12.4. The lowest BCUT2D eigenvalue weighted by Crippen LogP contribution is -2.11. The molecule has 0 saturated heterocycles. The maximum atomic E-state index is 6.25. The lowest BCUT2D eigenvalue weighted by atomic mass is 10.0. The molecule has 1 heterocycles. The molecule has 17 heavy (non-hydrogen) atoms. The van der Waals surface area contributed by atoms with Crippen LogP contribution in [0.2, 0.25) is 4.34 Å². The highest BCUT2D eigenvalue weighted by Gasteiger charge is 2.16. The minimum atomic E-state index is -0.192. The van der Waals surface area contributed by atoms with Gasteiger partial charge < -0.3 is 10.5 Å². The number of rotatable bonds is 3. The molecule has 1 atom stereocenters. The van der Waals surface area contributed by atoms with Crippen molar-refractivity contribution in [2.24, 2.45) is 5.73 Å². The number of nitrogens with two attached hydrogens (primary N) is 1. The van der Waals surface area contributed by atoms with Gasteiger partial charge in [-0.1, -0.05) is 29.8 Å². The molecule has 4 heteroatoms. The summed E-state index contributed by atoms with van der Waals surface area (Å²) < 4.78 is 6.11. The standard InChI is InChI=1S/C13H14ClNOS/c1-8-7-11(17-13(8)14)12(15)9-5-3-4-6-10(9)16-2/h3-7,12H,15H2,1-2H3. The Kier molecular flexibility index (Phi) is 3.72. The molecule has 0 saturated carbocycles. The van der Waals surface area contributed by atoms with Crippen LogP contribution < -0.4 is 10.5 Å². The van der Waals surface area contributed by atoms with E-state index in [9.17, 15) is 0 Å². The fourth-order valence-corrected chi connectivity index (χ4v) is 2.95. The van der Waals surface area contributed by atoms with Crippen LogP contribution in [0.1, 0.15) is 22.0 Å². The van der Waals surface area contributed by atoms with E-state index in [2.05, 4.69) is 0 Å². The number of para-hydroxylation sites is 1. The summed E-state index contributed by atoms with van der Waals surface area (Å²) >= 11 is 7.59. The summed E-state index contributed by atoms with van der Waals surface area (Å²) in [5.74, 6) is 0.808. The van der Waals surface area contributed by atoms with Gasteiger partial charge in [-0.2, -0.15) is 0 Å². The lowest BCUT2D eigenvalue weighted by Gasteiger charge is -2.13. The summed E-state index contributed by atoms with van der Waals surface area (Å²) in [5, 5.41) is 0. The molecule has 1 aromatic carbocycles. The number of halogens is 1. The van der Waals surface area contributed by atoms with Crippen LogP contribution in [0.25, 0.3) is 0 Å². The number of benzene rings is 1. The average molecular weight is 268 g/mol. The number of hydrogen-bond donors (Lipinski definition) is 1. The molecule has 0 spiro atoms. The van der Waals surface area contributed by atoms with Gasteiger partial charge in [-0.05, 0) is 24.6 Å². The van der Waals surface area contributed by atoms with E-state index in [1.165, 1.54) is 11.3 Å². The second-order valence-electron chi connectivity index (χ2n) is 3.83. The fourth-order valence-electron chi connectivity index (χ4n) is 1.71. The first-order valence-corrected chi connectivity index (χ1v) is 6.47. The van der Waals surface area contributed by atoms with Crippen LogP contribution in [0.4, 0.5) is 0 Å². The van der Waals surface area contributed by atoms with Gasteiger partial charge in [-0.15, -0.1) is 11.3 Å². The highest BCUT2D eigenvalue weighted by Crippen LogP contribution is 2.35. The molecule has 0 bridgehead atoms. The quantitative estimate of drug-likeness (QED) is 0.919. The second kappa shape index (κ2) is 5.08. The van der Waals surface area contributed by atoms with Gasteiger partial charge in [-0.3, -0.25) is 0 Å². The van der Waals surface area contributed by atoms with Gasteiger partial charge in [0.1, 0.15) is 5.75 Å². The van der Waals surface area contributed by atoms with E-state index in [4.69, 9.17) is 22.1 Å². The van der Waals surface area contributed by atoms with Crippen molar-refractivity contribution in [1.29, 1.82) is 0 Å². The topological polar surface area (TPSA) is 35.2 Å². The third kappa shape index (κ3) is 2.46. The van der Waals surface area contributed by atoms with Gasteiger partial charge in [0.15, 0.2) is 0 Å². The van der Waals surface area contributed by atoms with Crippen LogP contribution in [0.3, 0.4) is 0 Å². The van der Waals surface area contributed by atoms with E-state index in [1.807, 2.05) is 37.3 Å². The van der Waals surface area contributed by atoms with E-state index in [0.29, 0.717) is 0 Å². The smallest absolute Gasteiger partial charge is 0.124 e. The molecule has 0 aliphatic heterocycles. The van der Waals surface area contributed by atoms with Gasteiger partial charge in [-0.25, -0.2) is 0 Å². The fraction of sp³-hybridized carbons (Fsp3) is 0.231. The van der Waals surface area contributed by atoms with Crippen LogP contribution in [0.5, 0.6) is 5.75 Å². The van der Waals surface area contributed by atoms with Crippen LogP contribution in [0.15, 0.2) is 30.3 Å². The largest absolute Gasteiger partial charge is 0.496 e. The maximum absolute atomic E-state index is 6.25. The Morgan fingerprint density at radius 2 is 2.06 bits per heavy atom. The summed E-state index contributed by atoms with van der Waals surface area (Å²) in [6.45, 7) is 1.98. The van der Waals surface area contributed by atoms with Crippen LogP contribution in [-0.4, -0.2) is 7.11 Å². The van der Waals surface area contributed by atoms with E-state index in [1.54, 1.807) is 7.11 Å². The molecular weight excluding hydrogens is 254 g/mol. The van der Waals surface area contributed by atoms with Gasteiger partial charge in [0, 0.05) is 10.4 Å². The van der Waals surface area contributed by atoms with Gasteiger partial charge in [0.05, 0.1) is 17.5 Å². The monoisotopic (exact) mass is 267 g/mol. The zero-order valence-corrected chi connectivity index (χ0v) is 11.3. The third-order valence-corrected chi connectivity index (χ3v) is 4.29. The van der Waals surface area contributed by atoms with Crippen molar-refractivity contribution in [2.75, 3.05) is 7.11 Å². The average Bonchev–Trinajstić information content (AvgIpc) is 2.68. The van der Waals surface area contributed by atoms with Gasteiger partial charge in [0.2, 0.25) is 0 Å².